The molecule has 2 rings (SSSR count). The van der Waals surface area contributed by atoms with Crippen LogP contribution < -0.4 is 15.4 Å². The first-order chi connectivity index (χ1) is 13.9. The van der Waals surface area contributed by atoms with Gasteiger partial charge in [0.2, 0.25) is 5.88 Å². The van der Waals surface area contributed by atoms with Gasteiger partial charge in [0.25, 0.3) is 0 Å². The number of ether oxygens (including phenoxy) is 2. The summed E-state index contributed by atoms with van der Waals surface area (Å²) >= 11 is 0. The summed E-state index contributed by atoms with van der Waals surface area (Å²) in [7, 11) is 3.38. The lowest BCUT2D eigenvalue weighted by Gasteiger charge is -2.33. The molecule has 2 N–H and O–H groups in total. The third kappa shape index (κ3) is 8.06. The first-order valence-corrected chi connectivity index (χ1v) is 9.77. The predicted molar refractivity (Wildman–Crippen MR) is 105 cm³/mol. The number of rotatable bonds is 9. The van der Waals surface area contributed by atoms with E-state index < -0.39 is 17.6 Å². The zero-order valence-corrected chi connectivity index (χ0v) is 17.0. The highest BCUT2D eigenvalue weighted by atomic mass is 19.4. The van der Waals surface area contributed by atoms with Gasteiger partial charge in [-0.1, -0.05) is 0 Å². The second-order valence-corrected chi connectivity index (χ2v) is 6.81. The summed E-state index contributed by atoms with van der Waals surface area (Å²) in [6, 6.07) is 2.51. The van der Waals surface area contributed by atoms with Crippen LogP contribution in [-0.2, 0) is 10.9 Å². The number of likely N-dealkylation sites (tertiary alicyclic amines) is 1. The molecule has 0 aliphatic carbocycles. The highest BCUT2D eigenvalue weighted by molar-refractivity contribution is 5.79. The lowest BCUT2D eigenvalue weighted by Crippen LogP contribution is -2.49. The first kappa shape index (κ1) is 23.2. The Morgan fingerprint density at radius 2 is 2.07 bits per heavy atom. The number of methoxy groups -OCH3 is 1. The van der Waals surface area contributed by atoms with E-state index >= 15 is 0 Å². The van der Waals surface area contributed by atoms with E-state index in [1.54, 1.807) is 14.2 Å². The Bertz CT molecular complexity index is 635. The number of aliphatic imine (C=N–C) groups is 1. The summed E-state index contributed by atoms with van der Waals surface area (Å²) in [5.41, 5.74) is -0.875. The molecule has 7 nitrogen and oxygen atoms in total. The maximum absolute atomic E-state index is 12.9. The van der Waals surface area contributed by atoms with Gasteiger partial charge >= 0.3 is 6.18 Å². The number of hydrogen-bond donors (Lipinski definition) is 2. The topological polar surface area (TPSA) is 71.0 Å². The fourth-order valence-corrected chi connectivity index (χ4v) is 3.16. The van der Waals surface area contributed by atoms with Gasteiger partial charge in [0.05, 0.1) is 6.54 Å². The molecule has 164 valence electrons. The number of alkyl halides is 3. The number of piperidine rings is 1. The lowest BCUT2D eigenvalue weighted by atomic mass is 10.1. The number of halogens is 3. The third-order valence-electron chi connectivity index (χ3n) is 4.68. The number of nitrogens with one attached hydrogen (secondary N) is 2. The van der Waals surface area contributed by atoms with Crippen molar-refractivity contribution in [2.24, 2.45) is 4.99 Å². The van der Waals surface area contributed by atoms with Crippen LogP contribution in [0.1, 0.15) is 24.8 Å². The highest BCUT2D eigenvalue weighted by Gasteiger charge is 2.35. The molecule has 2 heterocycles. The Morgan fingerprint density at radius 1 is 1.31 bits per heavy atom. The fraction of sp³-hybridized carbons (Fsp3) is 0.684. The van der Waals surface area contributed by atoms with Crippen molar-refractivity contribution in [2.75, 3.05) is 53.6 Å². The monoisotopic (exact) mass is 417 g/mol. The number of hydrogen-bond acceptors (Lipinski definition) is 5. The zero-order chi connectivity index (χ0) is 21.1. The molecule has 1 aromatic heterocycles. The molecule has 1 fully saturated rings. The Kier molecular flexibility index (Phi) is 9.46. The summed E-state index contributed by atoms with van der Waals surface area (Å²) in [4.78, 5) is 10.3. The van der Waals surface area contributed by atoms with E-state index in [-0.39, 0.29) is 6.61 Å². The van der Waals surface area contributed by atoms with E-state index in [0.717, 1.165) is 51.6 Å². The Morgan fingerprint density at radius 3 is 2.72 bits per heavy atom. The summed E-state index contributed by atoms with van der Waals surface area (Å²) < 4.78 is 49.1. The van der Waals surface area contributed by atoms with E-state index in [1.165, 1.54) is 12.3 Å². The van der Waals surface area contributed by atoms with Crippen molar-refractivity contribution < 1.29 is 22.6 Å². The van der Waals surface area contributed by atoms with E-state index in [2.05, 4.69) is 25.5 Å². The van der Waals surface area contributed by atoms with Gasteiger partial charge in [-0.3, -0.25) is 4.99 Å². The Labute approximate surface area is 169 Å². The molecule has 0 aromatic carbocycles. The van der Waals surface area contributed by atoms with Crippen molar-refractivity contribution in [1.82, 2.24) is 20.5 Å². The minimum Gasteiger partial charge on any atom is -0.475 e. The van der Waals surface area contributed by atoms with Crippen LogP contribution in [-0.4, -0.2) is 75.4 Å². The average Bonchev–Trinajstić information content (AvgIpc) is 2.71. The van der Waals surface area contributed by atoms with Gasteiger partial charge in [0, 0.05) is 52.6 Å². The molecule has 1 aliphatic heterocycles. The van der Waals surface area contributed by atoms with Crippen LogP contribution in [0.2, 0.25) is 0 Å². The van der Waals surface area contributed by atoms with E-state index in [4.69, 9.17) is 9.47 Å². The molecular weight excluding hydrogens is 387 g/mol. The van der Waals surface area contributed by atoms with Crippen molar-refractivity contribution in [3.05, 3.63) is 23.9 Å². The smallest absolute Gasteiger partial charge is 0.421 e. The van der Waals surface area contributed by atoms with E-state index in [0.29, 0.717) is 18.5 Å². The Hall–Kier alpha value is -2.07. The van der Waals surface area contributed by atoms with Crippen molar-refractivity contribution >= 4 is 5.96 Å². The van der Waals surface area contributed by atoms with Crippen molar-refractivity contribution in [2.45, 2.75) is 31.5 Å². The molecule has 0 saturated carbocycles. The van der Waals surface area contributed by atoms with E-state index in [1.807, 2.05) is 0 Å². The van der Waals surface area contributed by atoms with Crippen LogP contribution in [0.15, 0.2) is 23.3 Å². The van der Waals surface area contributed by atoms with Gasteiger partial charge in [0.15, 0.2) is 5.96 Å². The maximum atomic E-state index is 12.9. The SMILES string of the molecule is CN=C(NCCOc1ncccc1C(F)(F)F)NC1CCN(CCCOC)CC1. The van der Waals surface area contributed by atoms with Crippen LogP contribution in [0.4, 0.5) is 13.2 Å². The average molecular weight is 417 g/mol. The fourth-order valence-electron chi connectivity index (χ4n) is 3.16. The largest absolute Gasteiger partial charge is 0.475 e. The van der Waals surface area contributed by atoms with Crippen molar-refractivity contribution in [3.63, 3.8) is 0 Å². The molecule has 0 amide bonds. The molecule has 0 bridgehead atoms. The van der Waals surface area contributed by atoms with Gasteiger partial charge in [-0.05, 0) is 31.4 Å². The number of nitrogens with zero attached hydrogens (tertiary/aromatic N) is 3. The van der Waals surface area contributed by atoms with Crippen LogP contribution in [0, 0.1) is 0 Å². The first-order valence-electron chi connectivity index (χ1n) is 9.77. The van der Waals surface area contributed by atoms with Gasteiger partial charge in [-0.25, -0.2) is 4.98 Å². The molecule has 1 saturated heterocycles. The predicted octanol–water partition coefficient (Wildman–Crippen LogP) is 2.15. The molecule has 0 atom stereocenters. The van der Waals surface area contributed by atoms with Gasteiger partial charge < -0.3 is 25.0 Å². The summed E-state index contributed by atoms with van der Waals surface area (Å²) in [6.07, 6.45) is -0.169. The van der Waals surface area contributed by atoms with Crippen LogP contribution >= 0.6 is 0 Å². The number of guanidine groups is 1. The van der Waals surface area contributed by atoms with E-state index in [9.17, 15) is 13.2 Å². The van der Waals surface area contributed by atoms with Gasteiger partial charge in [-0.15, -0.1) is 0 Å². The van der Waals surface area contributed by atoms with Gasteiger partial charge in [-0.2, -0.15) is 13.2 Å². The van der Waals surface area contributed by atoms with Crippen LogP contribution in [0.5, 0.6) is 5.88 Å². The molecular formula is C19H30F3N5O2. The standard InChI is InChI=1S/C19H30F3N5O2/c1-23-18(26-15-6-11-27(12-7-15)10-4-13-28-2)25-9-14-29-17-16(19(20,21)22)5-3-8-24-17/h3,5,8,15H,4,6-7,9-14H2,1-2H3,(H2,23,25,26). The minimum absolute atomic E-state index is 0.0404. The second kappa shape index (κ2) is 11.8. The van der Waals surface area contributed by atoms with Crippen molar-refractivity contribution in [1.29, 1.82) is 0 Å². The summed E-state index contributed by atoms with van der Waals surface area (Å²) in [5, 5.41) is 6.44. The molecule has 1 aliphatic rings. The quantitative estimate of drug-likeness (QED) is 0.365. The molecule has 1 aromatic rings. The summed E-state index contributed by atoms with van der Waals surface area (Å²) in [5.74, 6) is 0.203. The highest BCUT2D eigenvalue weighted by Crippen LogP contribution is 2.34. The molecule has 0 radical (unpaired) electrons. The van der Waals surface area contributed by atoms with Crippen molar-refractivity contribution in [3.8, 4) is 5.88 Å². The second-order valence-electron chi connectivity index (χ2n) is 6.81. The molecule has 0 unspecified atom stereocenters. The maximum Gasteiger partial charge on any atom is 0.421 e. The molecule has 29 heavy (non-hydrogen) atoms. The van der Waals surface area contributed by atoms with Crippen LogP contribution in [0.25, 0.3) is 0 Å². The third-order valence-corrected chi connectivity index (χ3v) is 4.68. The molecule has 10 heteroatoms. The molecule has 0 spiro atoms. The summed E-state index contributed by atoms with van der Waals surface area (Å²) in [6.45, 7) is 4.20. The zero-order valence-electron chi connectivity index (χ0n) is 17.0. The minimum atomic E-state index is -4.49. The number of pyridine rings is 1. The lowest BCUT2D eigenvalue weighted by molar-refractivity contribution is -0.139. The van der Waals surface area contributed by atoms with Crippen LogP contribution in [0.3, 0.4) is 0 Å². The normalized spacial score (nSPS) is 16.7. The Balaban J connectivity index is 1.69. The van der Waals surface area contributed by atoms with Gasteiger partial charge in [0.1, 0.15) is 12.2 Å². The number of aromatic nitrogens is 1.